The zero-order valence-electron chi connectivity index (χ0n) is 11.4. The van der Waals surface area contributed by atoms with E-state index in [0.717, 1.165) is 10.5 Å². The van der Waals surface area contributed by atoms with Crippen LogP contribution in [0.1, 0.15) is 29.8 Å². The number of nitrogens with one attached hydrogen (secondary N) is 1. The number of rotatable bonds is 5. The van der Waals surface area contributed by atoms with E-state index in [9.17, 15) is 4.79 Å². The first kappa shape index (κ1) is 15.1. The summed E-state index contributed by atoms with van der Waals surface area (Å²) in [4.78, 5) is 13.2. The van der Waals surface area contributed by atoms with Crippen LogP contribution in [0.4, 0.5) is 0 Å². The van der Waals surface area contributed by atoms with Gasteiger partial charge < -0.3 is 10.4 Å². The van der Waals surface area contributed by atoms with E-state index >= 15 is 0 Å². The number of benzene rings is 1. The van der Waals surface area contributed by atoms with Crippen LogP contribution in [-0.2, 0) is 0 Å². The molecule has 2 unspecified atom stereocenters. The Bertz CT molecular complexity index is 420. The van der Waals surface area contributed by atoms with E-state index < -0.39 is 0 Å². The van der Waals surface area contributed by atoms with Crippen LogP contribution in [0, 0.1) is 12.8 Å². The molecule has 1 rings (SSSR count). The zero-order valence-corrected chi connectivity index (χ0v) is 12.2. The van der Waals surface area contributed by atoms with Gasteiger partial charge in [0.25, 0.3) is 5.91 Å². The van der Waals surface area contributed by atoms with Crippen molar-refractivity contribution in [1.29, 1.82) is 0 Å². The fourth-order valence-corrected chi connectivity index (χ4v) is 2.00. The molecule has 1 aromatic rings. The van der Waals surface area contributed by atoms with Crippen molar-refractivity contribution in [2.24, 2.45) is 5.92 Å². The van der Waals surface area contributed by atoms with Crippen LogP contribution < -0.4 is 5.32 Å². The van der Waals surface area contributed by atoms with E-state index in [0.29, 0.717) is 5.56 Å². The maximum Gasteiger partial charge on any atom is 0.251 e. The minimum Gasteiger partial charge on any atom is -0.396 e. The molecule has 1 aromatic carbocycles. The number of thioether (sulfide) groups is 1. The predicted octanol–water partition coefficient (Wildman–Crippen LogP) is 2.46. The summed E-state index contributed by atoms with van der Waals surface area (Å²) in [6.07, 6.45) is 1.99. The smallest absolute Gasteiger partial charge is 0.251 e. The molecule has 2 N–H and O–H groups in total. The predicted molar refractivity (Wildman–Crippen MR) is 76.1 cm³/mol. The van der Waals surface area contributed by atoms with Crippen molar-refractivity contribution < 1.29 is 9.90 Å². The highest BCUT2D eigenvalue weighted by Crippen LogP contribution is 2.19. The van der Waals surface area contributed by atoms with Crippen molar-refractivity contribution in [3.05, 3.63) is 29.3 Å². The van der Waals surface area contributed by atoms with E-state index in [2.05, 4.69) is 5.32 Å². The van der Waals surface area contributed by atoms with E-state index in [1.165, 1.54) is 0 Å². The number of aliphatic hydroxyl groups excluding tert-OH is 1. The molecule has 18 heavy (non-hydrogen) atoms. The third-order valence-corrected chi connectivity index (χ3v) is 3.92. The van der Waals surface area contributed by atoms with Gasteiger partial charge in [-0.1, -0.05) is 13.0 Å². The molecule has 1 amide bonds. The number of amides is 1. The Morgan fingerprint density at radius 1 is 1.44 bits per heavy atom. The van der Waals surface area contributed by atoms with Gasteiger partial charge in [0.1, 0.15) is 0 Å². The Hall–Kier alpha value is -1.00. The summed E-state index contributed by atoms with van der Waals surface area (Å²) in [5, 5.41) is 12.0. The maximum atomic E-state index is 12.2. The van der Waals surface area contributed by atoms with Gasteiger partial charge in [-0.15, -0.1) is 11.8 Å². The number of carbonyl (C=O) groups excluding carboxylic acids is 1. The lowest BCUT2D eigenvalue weighted by Crippen LogP contribution is -2.38. The third-order valence-electron chi connectivity index (χ3n) is 3.19. The van der Waals surface area contributed by atoms with Gasteiger partial charge in [0, 0.05) is 23.1 Å². The molecular weight excluding hydrogens is 246 g/mol. The third kappa shape index (κ3) is 3.75. The van der Waals surface area contributed by atoms with Crippen molar-refractivity contribution in [3.8, 4) is 0 Å². The van der Waals surface area contributed by atoms with Gasteiger partial charge in [-0.05, 0) is 43.7 Å². The molecule has 0 aliphatic rings. The highest BCUT2D eigenvalue weighted by molar-refractivity contribution is 7.98. The molecule has 0 bridgehead atoms. The second-order valence-corrected chi connectivity index (χ2v) is 5.48. The Labute approximate surface area is 113 Å². The summed E-state index contributed by atoms with van der Waals surface area (Å²) in [5.74, 6) is -0.0193. The minimum absolute atomic E-state index is 0.0418. The molecule has 0 aliphatic carbocycles. The Morgan fingerprint density at radius 2 is 2.11 bits per heavy atom. The van der Waals surface area contributed by atoms with Gasteiger partial charge in [-0.25, -0.2) is 0 Å². The molecule has 0 spiro atoms. The van der Waals surface area contributed by atoms with Crippen molar-refractivity contribution >= 4 is 17.7 Å². The summed E-state index contributed by atoms with van der Waals surface area (Å²) < 4.78 is 0. The lowest BCUT2D eigenvalue weighted by molar-refractivity contribution is 0.0915. The fraction of sp³-hybridized carbons (Fsp3) is 0.500. The first-order valence-corrected chi connectivity index (χ1v) is 7.28. The highest BCUT2D eigenvalue weighted by atomic mass is 32.2. The van der Waals surface area contributed by atoms with E-state index in [1.54, 1.807) is 11.8 Å². The minimum atomic E-state index is -0.0730. The van der Waals surface area contributed by atoms with Crippen LogP contribution in [0.25, 0.3) is 0 Å². The summed E-state index contributed by atoms with van der Waals surface area (Å²) >= 11 is 1.62. The van der Waals surface area contributed by atoms with E-state index in [-0.39, 0.29) is 24.5 Å². The van der Waals surface area contributed by atoms with E-state index in [1.807, 2.05) is 45.2 Å². The van der Waals surface area contributed by atoms with Crippen LogP contribution >= 0.6 is 11.8 Å². The zero-order chi connectivity index (χ0) is 13.7. The van der Waals surface area contributed by atoms with Crippen molar-refractivity contribution in [3.63, 3.8) is 0 Å². The number of hydrogen-bond acceptors (Lipinski definition) is 3. The van der Waals surface area contributed by atoms with Crippen molar-refractivity contribution in [2.45, 2.75) is 31.7 Å². The lowest BCUT2D eigenvalue weighted by atomic mass is 10.0. The number of aliphatic hydroxyl groups is 1. The summed E-state index contributed by atoms with van der Waals surface area (Å²) in [6.45, 7) is 5.83. The molecule has 100 valence electrons. The monoisotopic (exact) mass is 267 g/mol. The molecule has 0 aromatic heterocycles. The molecule has 0 saturated heterocycles. The van der Waals surface area contributed by atoms with Crippen LogP contribution in [0.5, 0.6) is 0 Å². The molecule has 0 heterocycles. The molecule has 0 radical (unpaired) electrons. The van der Waals surface area contributed by atoms with Crippen LogP contribution in [-0.4, -0.2) is 29.9 Å². The first-order valence-electron chi connectivity index (χ1n) is 6.06. The normalized spacial score (nSPS) is 14.1. The molecule has 0 fully saturated rings. The van der Waals surface area contributed by atoms with Crippen LogP contribution in [0.3, 0.4) is 0 Å². The first-order chi connectivity index (χ1) is 8.49. The number of carbonyl (C=O) groups is 1. The molecule has 2 atom stereocenters. The molecule has 4 heteroatoms. The van der Waals surface area contributed by atoms with Gasteiger partial charge in [0.2, 0.25) is 0 Å². The average molecular weight is 267 g/mol. The quantitative estimate of drug-likeness (QED) is 0.806. The highest BCUT2D eigenvalue weighted by Gasteiger charge is 2.16. The second-order valence-electron chi connectivity index (χ2n) is 4.60. The van der Waals surface area contributed by atoms with Crippen LogP contribution in [0.2, 0.25) is 0 Å². The summed E-state index contributed by atoms with van der Waals surface area (Å²) in [7, 11) is 0. The number of aryl methyl sites for hydroxylation is 1. The fourth-order valence-electron chi connectivity index (χ4n) is 1.56. The lowest BCUT2D eigenvalue weighted by Gasteiger charge is -2.20. The van der Waals surface area contributed by atoms with Gasteiger partial charge in [0.15, 0.2) is 0 Å². The Kier molecular flexibility index (Phi) is 5.69. The standard InChI is InChI=1S/C14H21NO2S/c1-9-5-6-12(18-4)7-13(9)14(17)15-11(3)10(2)8-16/h5-7,10-11,16H,8H2,1-4H3,(H,15,17). The average Bonchev–Trinajstić information content (AvgIpc) is 2.38. The molecule has 3 nitrogen and oxygen atoms in total. The van der Waals surface area contributed by atoms with Crippen LogP contribution in [0.15, 0.2) is 23.1 Å². The largest absolute Gasteiger partial charge is 0.396 e. The Morgan fingerprint density at radius 3 is 2.67 bits per heavy atom. The van der Waals surface area contributed by atoms with Gasteiger partial charge in [-0.3, -0.25) is 4.79 Å². The van der Waals surface area contributed by atoms with Gasteiger partial charge in [0.05, 0.1) is 0 Å². The SMILES string of the molecule is CSc1ccc(C)c(C(=O)NC(C)C(C)CO)c1. The summed E-state index contributed by atoms with van der Waals surface area (Å²) in [5.41, 5.74) is 1.67. The molecule has 0 aliphatic heterocycles. The van der Waals surface area contributed by atoms with Crippen molar-refractivity contribution in [2.75, 3.05) is 12.9 Å². The van der Waals surface area contributed by atoms with Crippen molar-refractivity contribution in [1.82, 2.24) is 5.32 Å². The van der Waals surface area contributed by atoms with E-state index in [4.69, 9.17) is 5.11 Å². The second kappa shape index (κ2) is 6.81. The summed E-state index contributed by atoms with van der Waals surface area (Å²) in [6, 6.07) is 5.84. The Balaban J connectivity index is 2.83. The molecule has 0 saturated carbocycles. The number of hydrogen-bond donors (Lipinski definition) is 2. The van der Waals surface area contributed by atoms with Gasteiger partial charge >= 0.3 is 0 Å². The topological polar surface area (TPSA) is 49.3 Å². The maximum absolute atomic E-state index is 12.2. The van der Waals surface area contributed by atoms with Gasteiger partial charge in [-0.2, -0.15) is 0 Å². The molecular formula is C14H21NO2S.